The molecule has 0 atom stereocenters. The highest BCUT2D eigenvalue weighted by molar-refractivity contribution is 6.06. The Morgan fingerprint density at radius 1 is 1.23 bits per heavy atom. The van der Waals surface area contributed by atoms with E-state index in [0.29, 0.717) is 5.69 Å². The Morgan fingerprint density at radius 2 is 1.96 bits per heavy atom. The van der Waals surface area contributed by atoms with Gasteiger partial charge in [0.25, 0.3) is 5.91 Å². The maximum absolute atomic E-state index is 12.6. The van der Waals surface area contributed by atoms with E-state index in [-0.39, 0.29) is 23.7 Å². The van der Waals surface area contributed by atoms with E-state index < -0.39 is 11.9 Å². The molecular formula is C18H19N5O3. The van der Waals surface area contributed by atoms with E-state index in [4.69, 9.17) is 4.74 Å². The molecule has 0 fully saturated rings. The van der Waals surface area contributed by atoms with Crippen molar-refractivity contribution in [3.63, 3.8) is 0 Å². The molecule has 0 aliphatic carbocycles. The van der Waals surface area contributed by atoms with Gasteiger partial charge in [-0.2, -0.15) is 10.2 Å². The van der Waals surface area contributed by atoms with Gasteiger partial charge in [-0.3, -0.25) is 9.48 Å². The van der Waals surface area contributed by atoms with Gasteiger partial charge in [-0.25, -0.2) is 9.48 Å². The first-order chi connectivity index (χ1) is 12.5. The minimum Gasteiger partial charge on any atom is -0.462 e. The molecule has 1 aromatic carbocycles. The Hall–Kier alpha value is -3.42. The topological polar surface area (TPSA) is 91.0 Å². The zero-order valence-corrected chi connectivity index (χ0v) is 14.8. The molecule has 0 radical (unpaired) electrons. The average molecular weight is 353 g/mol. The molecule has 2 heterocycles. The van der Waals surface area contributed by atoms with Crippen LogP contribution in [0, 0.1) is 6.92 Å². The number of aryl methyl sites for hydroxylation is 2. The second-order valence-electron chi connectivity index (χ2n) is 5.62. The first-order valence-electron chi connectivity index (χ1n) is 8.13. The lowest BCUT2D eigenvalue weighted by molar-refractivity contribution is 0.0527. The first-order valence-corrected chi connectivity index (χ1v) is 8.13. The van der Waals surface area contributed by atoms with Crippen molar-refractivity contribution in [3.8, 4) is 5.69 Å². The molecule has 134 valence electrons. The van der Waals surface area contributed by atoms with Gasteiger partial charge in [0, 0.05) is 12.7 Å². The number of nitrogens with one attached hydrogen (secondary N) is 1. The Bertz CT molecular complexity index is 924. The summed E-state index contributed by atoms with van der Waals surface area (Å²) in [6, 6.07) is 10.9. The third kappa shape index (κ3) is 3.34. The molecule has 2 aromatic heterocycles. The summed E-state index contributed by atoms with van der Waals surface area (Å²) in [5, 5.41) is 11.1. The fourth-order valence-electron chi connectivity index (χ4n) is 2.44. The molecule has 0 bridgehead atoms. The molecule has 0 spiro atoms. The summed E-state index contributed by atoms with van der Waals surface area (Å²) in [5.74, 6) is -0.748. The van der Waals surface area contributed by atoms with Crippen molar-refractivity contribution in [2.75, 3.05) is 11.9 Å². The van der Waals surface area contributed by atoms with Gasteiger partial charge in [0.2, 0.25) is 0 Å². The third-order valence-electron chi connectivity index (χ3n) is 3.84. The summed E-state index contributed by atoms with van der Waals surface area (Å²) in [6.45, 7) is 3.79. The van der Waals surface area contributed by atoms with Gasteiger partial charge in [0.15, 0.2) is 11.5 Å². The SMILES string of the molecule is CCOC(=O)c1cnn(-c2ccccc2)c1NC(=O)c1cc(C)n(C)n1. The first kappa shape index (κ1) is 17.4. The molecule has 8 heteroatoms. The zero-order valence-electron chi connectivity index (χ0n) is 14.8. The number of hydrogen-bond acceptors (Lipinski definition) is 5. The van der Waals surface area contributed by atoms with Crippen LogP contribution in [-0.4, -0.2) is 38.0 Å². The van der Waals surface area contributed by atoms with Crippen molar-refractivity contribution in [1.82, 2.24) is 19.6 Å². The lowest BCUT2D eigenvalue weighted by Gasteiger charge is -2.10. The third-order valence-corrected chi connectivity index (χ3v) is 3.84. The molecular weight excluding hydrogens is 334 g/mol. The van der Waals surface area contributed by atoms with Crippen molar-refractivity contribution in [2.45, 2.75) is 13.8 Å². The quantitative estimate of drug-likeness (QED) is 0.711. The lowest BCUT2D eigenvalue weighted by atomic mass is 10.3. The van der Waals surface area contributed by atoms with Gasteiger partial charge in [0.05, 0.1) is 18.5 Å². The number of benzene rings is 1. The number of hydrogen-bond donors (Lipinski definition) is 1. The number of amides is 1. The van der Waals surface area contributed by atoms with Crippen LogP contribution in [0.15, 0.2) is 42.6 Å². The molecule has 0 saturated heterocycles. The van der Waals surface area contributed by atoms with Gasteiger partial charge >= 0.3 is 5.97 Å². The van der Waals surface area contributed by atoms with Crippen molar-refractivity contribution in [2.24, 2.45) is 7.05 Å². The molecule has 26 heavy (non-hydrogen) atoms. The predicted molar refractivity (Wildman–Crippen MR) is 95.4 cm³/mol. The summed E-state index contributed by atoms with van der Waals surface area (Å²) in [6.07, 6.45) is 1.38. The second-order valence-corrected chi connectivity index (χ2v) is 5.62. The minimum absolute atomic E-state index is 0.178. The summed E-state index contributed by atoms with van der Waals surface area (Å²) in [4.78, 5) is 24.9. The van der Waals surface area contributed by atoms with E-state index in [1.165, 1.54) is 10.9 Å². The Balaban J connectivity index is 2.01. The number of carbonyl (C=O) groups is 2. The second kappa shape index (κ2) is 7.22. The molecule has 0 unspecified atom stereocenters. The molecule has 8 nitrogen and oxygen atoms in total. The molecule has 3 aromatic rings. The van der Waals surface area contributed by atoms with Gasteiger partial charge < -0.3 is 10.1 Å². The van der Waals surface area contributed by atoms with E-state index in [1.54, 1.807) is 24.7 Å². The molecule has 1 N–H and O–H groups in total. The number of aromatic nitrogens is 4. The number of para-hydroxylation sites is 1. The Labute approximate surface area is 150 Å². The van der Waals surface area contributed by atoms with Crippen LogP contribution in [0.3, 0.4) is 0 Å². The Morgan fingerprint density at radius 3 is 2.58 bits per heavy atom. The van der Waals surface area contributed by atoms with Crippen LogP contribution < -0.4 is 5.32 Å². The fraction of sp³-hybridized carbons (Fsp3) is 0.222. The summed E-state index contributed by atoms with van der Waals surface area (Å²) < 4.78 is 8.16. The van der Waals surface area contributed by atoms with Crippen LogP contribution in [-0.2, 0) is 11.8 Å². The van der Waals surface area contributed by atoms with E-state index in [0.717, 1.165) is 5.69 Å². The highest BCUT2D eigenvalue weighted by Gasteiger charge is 2.23. The number of esters is 1. The number of carbonyl (C=O) groups excluding carboxylic acids is 2. The number of nitrogens with zero attached hydrogens (tertiary/aromatic N) is 4. The van der Waals surface area contributed by atoms with E-state index in [9.17, 15) is 9.59 Å². The summed E-state index contributed by atoms with van der Waals surface area (Å²) in [7, 11) is 1.75. The highest BCUT2D eigenvalue weighted by Crippen LogP contribution is 2.22. The van der Waals surface area contributed by atoms with Crippen molar-refractivity contribution in [3.05, 3.63) is 59.5 Å². The van der Waals surface area contributed by atoms with E-state index >= 15 is 0 Å². The van der Waals surface area contributed by atoms with Crippen LogP contribution in [0.2, 0.25) is 0 Å². The number of anilines is 1. The van der Waals surface area contributed by atoms with Crippen molar-refractivity contribution in [1.29, 1.82) is 0 Å². The van der Waals surface area contributed by atoms with Crippen LogP contribution in [0.1, 0.15) is 33.5 Å². The normalized spacial score (nSPS) is 10.6. The summed E-state index contributed by atoms with van der Waals surface area (Å²) in [5.41, 5.74) is 1.98. The molecule has 1 amide bonds. The van der Waals surface area contributed by atoms with Gasteiger partial charge in [-0.1, -0.05) is 18.2 Å². The van der Waals surface area contributed by atoms with Gasteiger partial charge in [-0.15, -0.1) is 0 Å². The Kier molecular flexibility index (Phi) is 4.83. The maximum atomic E-state index is 12.6. The molecule has 0 saturated carbocycles. The van der Waals surface area contributed by atoms with E-state index in [2.05, 4.69) is 15.5 Å². The largest absolute Gasteiger partial charge is 0.462 e. The van der Waals surface area contributed by atoms with Gasteiger partial charge in [-0.05, 0) is 32.0 Å². The van der Waals surface area contributed by atoms with Crippen LogP contribution >= 0.6 is 0 Å². The standard InChI is InChI=1S/C18H19N5O3/c1-4-26-18(25)14-11-19-23(13-8-6-5-7-9-13)16(14)20-17(24)15-10-12(2)22(3)21-15/h5-11H,4H2,1-3H3,(H,20,24). The monoisotopic (exact) mass is 353 g/mol. The molecule has 0 aliphatic heterocycles. The zero-order chi connectivity index (χ0) is 18.7. The number of ether oxygens (including phenoxy) is 1. The van der Waals surface area contributed by atoms with Crippen LogP contribution in [0.5, 0.6) is 0 Å². The highest BCUT2D eigenvalue weighted by atomic mass is 16.5. The van der Waals surface area contributed by atoms with Gasteiger partial charge in [0.1, 0.15) is 5.56 Å². The summed E-state index contributed by atoms with van der Waals surface area (Å²) >= 11 is 0. The maximum Gasteiger partial charge on any atom is 0.343 e. The average Bonchev–Trinajstić information content (AvgIpc) is 3.20. The van der Waals surface area contributed by atoms with E-state index in [1.807, 2.05) is 37.3 Å². The smallest absolute Gasteiger partial charge is 0.343 e. The minimum atomic E-state index is -0.554. The fourth-order valence-corrected chi connectivity index (χ4v) is 2.44. The van der Waals surface area contributed by atoms with Crippen molar-refractivity contribution < 1.29 is 14.3 Å². The molecule has 0 aliphatic rings. The predicted octanol–water partition coefficient (Wildman–Crippen LogP) is 2.34. The number of rotatable bonds is 5. The van der Waals surface area contributed by atoms with Crippen LogP contribution in [0.4, 0.5) is 5.82 Å². The lowest BCUT2D eigenvalue weighted by Crippen LogP contribution is -2.18. The van der Waals surface area contributed by atoms with Crippen LogP contribution in [0.25, 0.3) is 5.69 Å². The molecule has 3 rings (SSSR count). The van der Waals surface area contributed by atoms with Crippen molar-refractivity contribution >= 4 is 17.7 Å².